The Kier molecular flexibility index (Phi) is 12.6. The van der Waals surface area contributed by atoms with E-state index in [1.165, 1.54) is 45.6 Å². The molecule has 0 fully saturated rings. The molecule has 0 aliphatic heterocycles. The van der Waals surface area contributed by atoms with Gasteiger partial charge in [-0.05, 0) is 30.2 Å². The van der Waals surface area contributed by atoms with E-state index in [-0.39, 0.29) is 18.4 Å². The SMILES string of the molecule is CCCCCCCCCCOC(=O)COc1ccc(C=Cc2nnc(C(Cl)(Cl)Cl)o2)cc1OC. The number of rotatable bonds is 15. The third-order valence-electron chi connectivity index (χ3n) is 4.90. The maximum atomic E-state index is 12.0. The summed E-state index contributed by atoms with van der Waals surface area (Å²) in [5.41, 5.74) is 0.773. The lowest BCUT2D eigenvalue weighted by molar-refractivity contribution is -0.146. The van der Waals surface area contributed by atoms with E-state index in [0.29, 0.717) is 18.1 Å². The molecular formula is C24H31Cl3N2O5. The smallest absolute Gasteiger partial charge is 0.344 e. The highest BCUT2D eigenvalue weighted by molar-refractivity contribution is 6.66. The Balaban J connectivity index is 1.75. The van der Waals surface area contributed by atoms with E-state index in [0.717, 1.165) is 18.4 Å². The third kappa shape index (κ3) is 10.5. The van der Waals surface area contributed by atoms with Crippen LogP contribution in [0.25, 0.3) is 12.2 Å². The first-order valence-electron chi connectivity index (χ1n) is 11.4. The zero-order valence-electron chi connectivity index (χ0n) is 19.5. The van der Waals surface area contributed by atoms with Gasteiger partial charge < -0.3 is 18.6 Å². The lowest BCUT2D eigenvalue weighted by Crippen LogP contribution is -2.15. The van der Waals surface area contributed by atoms with E-state index in [4.69, 9.17) is 53.4 Å². The normalized spacial score (nSPS) is 11.7. The van der Waals surface area contributed by atoms with Crippen molar-refractivity contribution >= 4 is 52.9 Å². The lowest BCUT2D eigenvalue weighted by atomic mass is 10.1. The molecule has 0 aliphatic rings. The number of carbonyl (C=O) groups excluding carboxylic acids is 1. The molecular weight excluding hydrogens is 503 g/mol. The number of hydrogen-bond acceptors (Lipinski definition) is 7. The zero-order chi connectivity index (χ0) is 24.8. The van der Waals surface area contributed by atoms with Crippen LogP contribution in [0.4, 0.5) is 0 Å². The van der Waals surface area contributed by atoms with Gasteiger partial charge in [0.2, 0.25) is 5.89 Å². The van der Waals surface area contributed by atoms with E-state index in [1.54, 1.807) is 30.4 Å². The Hall–Kier alpha value is -1.96. The Morgan fingerprint density at radius 3 is 2.35 bits per heavy atom. The number of methoxy groups -OCH3 is 1. The van der Waals surface area contributed by atoms with Crippen LogP contribution in [0.2, 0.25) is 0 Å². The summed E-state index contributed by atoms with van der Waals surface area (Å²) in [6.45, 7) is 2.43. The number of alkyl halides is 3. The number of ether oxygens (including phenoxy) is 3. The van der Waals surface area contributed by atoms with Crippen molar-refractivity contribution in [3.05, 3.63) is 35.5 Å². The van der Waals surface area contributed by atoms with Gasteiger partial charge in [0, 0.05) is 6.08 Å². The summed E-state index contributed by atoms with van der Waals surface area (Å²) in [5.74, 6) is 0.549. The van der Waals surface area contributed by atoms with Crippen LogP contribution >= 0.6 is 34.8 Å². The molecule has 0 saturated heterocycles. The Bertz CT molecular complexity index is 912. The molecule has 188 valence electrons. The quantitative estimate of drug-likeness (QED) is 0.137. The number of halogens is 3. The van der Waals surface area contributed by atoms with Crippen molar-refractivity contribution in [2.45, 2.75) is 62.1 Å². The monoisotopic (exact) mass is 532 g/mol. The van der Waals surface area contributed by atoms with Crippen LogP contribution in [0.1, 0.15) is 75.6 Å². The molecule has 2 aromatic rings. The Morgan fingerprint density at radius 1 is 1.00 bits per heavy atom. The molecule has 0 saturated carbocycles. The van der Waals surface area contributed by atoms with E-state index >= 15 is 0 Å². The van der Waals surface area contributed by atoms with Gasteiger partial charge in [0.15, 0.2) is 18.1 Å². The minimum Gasteiger partial charge on any atom is -0.493 e. The zero-order valence-corrected chi connectivity index (χ0v) is 21.8. The van der Waals surface area contributed by atoms with Crippen molar-refractivity contribution in [1.82, 2.24) is 10.2 Å². The van der Waals surface area contributed by atoms with Gasteiger partial charge in [-0.2, -0.15) is 0 Å². The molecule has 0 aliphatic carbocycles. The van der Waals surface area contributed by atoms with E-state index < -0.39 is 9.76 Å². The molecule has 0 atom stereocenters. The van der Waals surface area contributed by atoms with Crippen LogP contribution in [-0.2, 0) is 13.3 Å². The van der Waals surface area contributed by atoms with Crippen LogP contribution in [0.5, 0.6) is 11.5 Å². The van der Waals surface area contributed by atoms with Crippen LogP contribution in [0, 0.1) is 0 Å². The molecule has 34 heavy (non-hydrogen) atoms. The molecule has 0 N–H and O–H groups in total. The number of esters is 1. The molecule has 10 heteroatoms. The van der Waals surface area contributed by atoms with E-state index in [1.807, 2.05) is 0 Å². The first kappa shape index (κ1) is 28.3. The maximum Gasteiger partial charge on any atom is 0.344 e. The Labute approximate surface area is 215 Å². The fourth-order valence-electron chi connectivity index (χ4n) is 3.09. The van der Waals surface area contributed by atoms with Crippen molar-refractivity contribution in [1.29, 1.82) is 0 Å². The number of nitrogens with zero attached hydrogens (tertiary/aromatic N) is 2. The van der Waals surface area contributed by atoms with Crippen LogP contribution in [0.3, 0.4) is 0 Å². The second-order valence-corrected chi connectivity index (χ2v) is 9.95. The van der Waals surface area contributed by atoms with Gasteiger partial charge in [0.1, 0.15) is 0 Å². The Morgan fingerprint density at radius 2 is 1.71 bits per heavy atom. The first-order valence-corrected chi connectivity index (χ1v) is 12.5. The van der Waals surface area contributed by atoms with Crippen molar-refractivity contribution in [3.63, 3.8) is 0 Å². The topological polar surface area (TPSA) is 83.7 Å². The summed E-state index contributed by atoms with van der Waals surface area (Å²) in [5, 5.41) is 7.48. The molecule has 1 heterocycles. The maximum absolute atomic E-state index is 12.0. The van der Waals surface area contributed by atoms with Gasteiger partial charge in [-0.1, -0.05) is 92.7 Å². The van der Waals surface area contributed by atoms with E-state index in [9.17, 15) is 4.79 Å². The number of aromatic nitrogens is 2. The lowest BCUT2D eigenvalue weighted by Gasteiger charge is -2.11. The highest BCUT2D eigenvalue weighted by atomic mass is 35.6. The van der Waals surface area contributed by atoms with Crippen LogP contribution in [0.15, 0.2) is 22.6 Å². The molecule has 2 rings (SSSR count). The number of hydrogen-bond donors (Lipinski definition) is 0. The van der Waals surface area contributed by atoms with Gasteiger partial charge in [-0.3, -0.25) is 0 Å². The van der Waals surface area contributed by atoms with Crippen molar-refractivity contribution < 1.29 is 23.4 Å². The number of carbonyl (C=O) groups is 1. The van der Waals surface area contributed by atoms with Gasteiger partial charge in [0.25, 0.3) is 9.68 Å². The van der Waals surface area contributed by atoms with Gasteiger partial charge >= 0.3 is 5.97 Å². The minimum absolute atomic E-state index is 0.118. The summed E-state index contributed by atoms with van der Waals surface area (Å²) in [6, 6.07) is 5.22. The van der Waals surface area contributed by atoms with E-state index in [2.05, 4.69) is 17.1 Å². The number of benzene rings is 1. The summed E-state index contributed by atoms with van der Waals surface area (Å²) < 4.78 is 19.7. The van der Waals surface area contributed by atoms with Gasteiger partial charge in [-0.15, -0.1) is 10.2 Å². The highest BCUT2D eigenvalue weighted by Crippen LogP contribution is 2.37. The minimum atomic E-state index is -1.78. The highest BCUT2D eigenvalue weighted by Gasteiger charge is 2.29. The number of unbranched alkanes of at least 4 members (excludes halogenated alkanes) is 7. The summed E-state index contributed by atoms with van der Waals surface area (Å²) >= 11 is 17.1. The average molecular weight is 534 g/mol. The summed E-state index contributed by atoms with van der Waals surface area (Å²) in [7, 11) is 1.52. The second kappa shape index (κ2) is 15.1. The fraction of sp³-hybridized carbons (Fsp3) is 0.542. The first-order chi connectivity index (χ1) is 16.3. The summed E-state index contributed by atoms with van der Waals surface area (Å²) in [6.07, 6.45) is 12.8. The van der Waals surface area contributed by atoms with Gasteiger partial charge in [0.05, 0.1) is 13.7 Å². The molecule has 0 radical (unpaired) electrons. The van der Waals surface area contributed by atoms with Gasteiger partial charge in [-0.25, -0.2) is 4.79 Å². The average Bonchev–Trinajstić information content (AvgIpc) is 3.30. The molecule has 7 nitrogen and oxygen atoms in total. The molecule has 0 unspecified atom stereocenters. The van der Waals surface area contributed by atoms with Crippen molar-refractivity contribution in [3.8, 4) is 11.5 Å². The van der Waals surface area contributed by atoms with Crippen LogP contribution < -0.4 is 9.47 Å². The molecule has 0 spiro atoms. The van der Waals surface area contributed by atoms with Crippen LogP contribution in [-0.4, -0.2) is 36.5 Å². The second-order valence-electron chi connectivity index (χ2n) is 7.67. The molecule has 0 amide bonds. The third-order valence-corrected chi connectivity index (χ3v) is 5.38. The molecule has 0 bridgehead atoms. The largest absolute Gasteiger partial charge is 0.493 e. The van der Waals surface area contributed by atoms with Crippen molar-refractivity contribution in [2.24, 2.45) is 0 Å². The molecule has 1 aromatic carbocycles. The molecule has 1 aromatic heterocycles. The predicted molar refractivity (Wildman–Crippen MR) is 135 cm³/mol. The fourth-order valence-corrected chi connectivity index (χ4v) is 3.32. The standard InChI is InChI=1S/C24H31Cl3N2O5/c1-3-4-5-6-7-8-9-10-15-32-22(30)17-33-19-13-11-18(16-20(19)31-2)12-14-21-28-29-23(34-21)24(25,26)27/h11-14,16H,3-10,15,17H2,1-2H3. The van der Waals surface area contributed by atoms with Crippen molar-refractivity contribution in [2.75, 3.05) is 20.3 Å². The summed E-state index contributed by atoms with van der Waals surface area (Å²) in [4.78, 5) is 12.0. The predicted octanol–water partition coefficient (Wildman–Crippen LogP) is 7.14.